The van der Waals surface area contributed by atoms with Gasteiger partial charge in [0.25, 0.3) is 0 Å². The van der Waals surface area contributed by atoms with E-state index in [0.29, 0.717) is 16.2 Å². The van der Waals surface area contributed by atoms with Gasteiger partial charge in [-0.25, -0.2) is 0 Å². The van der Waals surface area contributed by atoms with Crippen LogP contribution < -0.4 is 4.85 Å². The lowest BCUT2D eigenvalue weighted by atomic mass is 10.4. The highest BCUT2D eigenvalue weighted by Gasteiger charge is 1.99. The quantitative estimate of drug-likeness (QED) is 0.197. The smallest absolute Gasteiger partial charge is 0.219 e. The van der Waals surface area contributed by atoms with E-state index in [9.17, 15) is 5.21 Å². The van der Waals surface area contributed by atoms with Crippen LogP contribution in [0.25, 0.3) is 10.4 Å². The Morgan fingerprint density at radius 1 is 1.82 bits per heavy atom. The number of nitrogens with zero attached hydrogens (tertiary/aromatic N) is 5. The lowest BCUT2D eigenvalue weighted by molar-refractivity contribution is -0.675. The zero-order chi connectivity index (χ0) is 8.27. The average molecular weight is 151 g/mol. The van der Waals surface area contributed by atoms with Crippen LogP contribution in [-0.2, 0) is 0 Å². The van der Waals surface area contributed by atoms with Gasteiger partial charge < -0.3 is 5.21 Å². The number of hydrogen-bond donors (Lipinski definition) is 0. The second kappa shape index (κ2) is 2.85. The van der Waals surface area contributed by atoms with Gasteiger partial charge in [0.1, 0.15) is 6.20 Å². The van der Waals surface area contributed by atoms with Crippen molar-refractivity contribution >= 4 is 5.69 Å². The normalized spacial score (nSPS) is 8.82. The Kier molecular flexibility index (Phi) is 1.89. The van der Waals surface area contributed by atoms with Gasteiger partial charge >= 0.3 is 0 Å². The first kappa shape index (κ1) is 7.30. The van der Waals surface area contributed by atoms with Gasteiger partial charge in [-0.2, -0.15) is 0 Å². The molecule has 0 spiro atoms. The molecule has 11 heavy (non-hydrogen) atoms. The minimum atomic E-state index is 0.345. The summed E-state index contributed by atoms with van der Waals surface area (Å²) in [7, 11) is 0. The summed E-state index contributed by atoms with van der Waals surface area (Å²) in [6, 6.07) is 1.46. The molecule has 0 atom stereocenters. The van der Waals surface area contributed by atoms with Crippen LogP contribution >= 0.6 is 0 Å². The summed E-state index contributed by atoms with van der Waals surface area (Å²) >= 11 is 0. The van der Waals surface area contributed by atoms with Crippen molar-refractivity contribution in [3.05, 3.63) is 33.6 Å². The van der Waals surface area contributed by atoms with Gasteiger partial charge in [-0.1, -0.05) is 9.96 Å². The Morgan fingerprint density at radius 2 is 2.55 bits per heavy atom. The van der Waals surface area contributed by atoms with Crippen LogP contribution in [-0.4, -0.2) is 5.10 Å². The molecule has 0 aliphatic heterocycles. The Balaban J connectivity index is 3.14. The summed E-state index contributed by atoms with van der Waals surface area (Å²) < 4.78 is 0. The molecule has 0 radical (unpaired) electrons. The first-order chi connectivity index (χ1) is 5.24. The standard InChI is InChI=1S/C5H5N5O/c1-4-2-5(8-9-6)3-7-10(4)11/h2-3H,1H3. The molecule has 0 fully saturated rings. The van der Waals surface area contributed by atoms with Gasteiger partial charge in [-0.3, -0.25) is 0 Å². The fraction of sp³-hybridized carbons (Fsp3) is 0.200. The van der Waals surface area contributed by atoms with E-state index in [1.165, 1.54) is 12.3 Å². The van der Waals surface area contributed by atoms with Crippen molar-refractivity contribution in [3.8, 4) is 0 Å². The zero-order valence-corrected chi connectivity index (χ0v) is 5.80. The first-order valence-electron chi connectivity index (χ1n) is 2.85. The molecule has 1 heterocycles. The van der Waals surface area contributed by atoms with Crippen molar-refractivity contribution < 1.29 is 4.85 Å². The molecule has 1 rings (SSSR count). The third-order valence-corrected chi connectivity index (χ3v) is 1.11. The van der Waals surface area contributed by atoms with Gasteiger partial charge in [0.2, 0.25) is 5.69 Å². The lowest BCUT2D eigenvalue weighted by Crippen LogP contribution is -2.33. The van der Waals surface area contributed by atoms with Gasteiger partial charge in [-0.05, 0) is 5.53 Å². The van der Waals surface area contributed by atoms with Crippen molar-refractivity contribution in [2.45, 2.75) is 6.92 Å². The topological polar surface area (TPSA) is 88.6 Å². The van der Waals surface area contributed by atoms with Crippen LogP contribution in [0.15, 0.2) is 17.4 Å². The van der Waals surface area contributed by atoms with E-state index < -0.39 is 0 Å². The monoisotopic (exact) mass is 151 g/mol. The summed E-state index contributed by atoms with van der Waals surface area (Å²) in [5.41, 5.74) is 8.77. The molecule has 0 aliphatic rings. The summed E-state index contributed by atoms with van der Waals surface area (Å²) in [5, 5.41) is 17.3. The van der Waals surface area contributed by atoms with Crippen LogP contribution in [0.1, 0.15) is 5.69 Å². The predicted molar refractivity (Wildman–Crippen MR) is 36.7 cm³/mol. The second-order valence-electron chi connectivity index (χ2n) is 1.92. The molecule has 0 aliphatic carbocycles. The Labute approximate surface area is 62.3 Å². The molecule has 0 N–H and O–H groups in total. The van der Waals surface area contributed by atoms with Gasteiger partial charge in [0, 0.05) is 23.0 Å². The van der Waals surface area contributed by atoms with E-state index >= 15 is 0 Å². The first-order valence-corrected chi connectivity index (χ1v) is 2.85. The average Bonchev–Trinajstić information content (AvgIpc) is 1.98. The van der Waals surface area contributed by atoms with Crippen molar-refractivity contribution in [1.29, 1.82) is 0 Å². The minimum absolute atomic E-state index is 0.345. The summed E-state index contributed by atoms with van der Waals surface area (Å²) in [6.45, 7) is 1.58. The van der Waals surface area contributed by atoms with E-state index in [2.05, 4.69) is 15.1 Å². The number of aryl methyl sites for hydroxylation is 1. The molecule has 1 aromatic rings. The van der Waals surface area contributed by atoms with Crippen molar-refractivity contribution in [2.24, 2.45) is 5.11 Å². The summed E-state index contributed by atoms with van der Waals surface area (Å²) in [4.78, 5) is 3.01. The lowest BCUT2D eigenvalue weighted by Gasteiger charge is -1.95. The molecule has 0 saturated heterocycles. The largest absolute Gasteiger partial charge is 0.594 e. The molecule has 56 valence electrons. The van der Waals surface area contributed by atoms with Crippen LogP contribution in [0, 0.1) is 12.1 Å². The van der Waals surface area contributed by atoms with Gasteiger partial charge in [-0.15, -0.1) is 0 Å². The van der Waals surface area contributed by atoms with E-state index in [0.717, 1.165) is 0 Å². The maximum atomic E-state index is 10.6. The highest BCUT2D eigenvalue weighted by molar-refractivity contribution is 5.31. The summed E-state index contributed by atoms with van der Waals surface area (Å²) in [5.74, 6) is 0. The van der Waals surface area contributed by atoms with Crippen LogP contribution in [0.5, 0.6) is 0 Å². The van der Waals surface area contributed by atoms with E-state index in [1.807, 2.05) is 0 Å². The van der Waals surface area contributed by atoms with Crippen molar-refractivity contribution in [3.63, 3.8) is 0 Å². The highest BCUT2D eigenvalue weighted by atomic mass is 16.5. The molecule has 0 unspecified atom stereocenters. The fourth-order valence-corrected chi connectivity index (χ4v) is 0.615. The molecule has 0 saturated carbocycles. The molecule has 0 aromatic carbocycles. The molecule has 0 bridgehead atoms. The van der Waals surface area contributed by atoms with Gasteiger partial charge in [0.15, 0.2) is 0 Å². The predicted octanol–water partition coefficient (Wildman–Crippen LogP) is 0.965. The maximum absolute atomic E-state index is 10.6. The Morgan fingerprint density at radius 3 is 3.09 bits per heavy atom. The molecule has 0 amide bonds. The molecule has 1 aromatic heterocycles. The van der Waals surface area contributed by atoms with Gasteiger partial charge in [0.05, 0.1) is 5.69 Å². The Bertz CT molecular complexity index is 317. The van der Waals surface area contributed by atoms with E-state index in [4.69, 9.17) is 5.53 Å². The number of aromatic nitrogens is 2. The fourth-order valence-electron chi connectivity index (χ4n) is 0.615. The molecule has 6 heteroatoms. The third-order valence-electron chi connectivity index (χ3n) is 1.11. The maximum Gasteiger partial charge on any atom is 0.219 e. The van der Waals surface area contributed by atoms with Crippen LogP contribution in [0.2, 0.25) is 0 Å². The van der Waals surface area contributed by atoms with Crippen molar-refractivity contribution in [1.82, 2.24) is 5.10 Å². The summed E-state index contributed by atoms with van der Waals surface area (Å²) in [6.07, 6.45) is 1.21. The zero-order valence-electron chi connectivity index (χ0n) is 5.80. The van der Waals surface area contributed by atoms with E-state index in [-0.39, 0.29) is 0 Å². The van der Waals surface area contributed by atoms with E-state index in [1.54, 1.807) is 6.92 Å². The Hall–Kier alpha value is -1.81. The minimum Gasteiger partial charge on any atom is -0.594 e. The highest BCUT2D eigenvalue weighted by Crippen LogP contribution is 2.07. The number of azide groups is 1. The second-order valence-corrected chi connectivity index (χ2v) is 1.92. The van der Waals surface area contributed by atoms with Crippen molar-refractivity contribution in [2.75, 3.05) is 0 Å². The molecular weight excluding hydrogens is 146 g/mol. The van der Waals surface area contributed by atoms with Crippen LogP contribution in [0.3, 0.4) is 0 Å². The third kappa shape index (κ3) is 1.56. The number of rotatable bonds is 1. The SMILES string of the molecule is Cc1cc(N=[N+]=[N-])cn[n+]1[O-]. The van der Waals surface area contributed by atoms with Crippen LogP contribution in [0.4, 0.5) is 5.69 Å². The number of hydrogen-bond acceptors (Lipinski definition) is 3. The molecular formula is C5H5N5O. The molecule has 6 nitrogen and oxygen atoms in total.